The number of benzene rings is 1. The van der Waals surface area contributed by atoms with E-state index in [1.165, 1.54) is 11.3 Å². The minimum atomic E-state index is -0.688. The molecule has 0 aliphatic carbocycles. The first-order valence-electron chi connectivity index (χ1n) is 8.54. The lowest BCUT2D eigenvalue weighted by Gasteiger charge is -2.14. The molecule has 0 fully saturated rings. The summed E-state index contributed by atoms with van der Waals surface area (Å²) < 4.78 is 12.0. The third kappa shape index (κ3) is 6.41. The number of anilines is 1. The fraction of sp³-hybridized carbons (Fsp3) is 0.389. The number of aliphatic hydroxyl groups is 1. The van der Waals surface area contributed by atoms with Gasteiger partial charge in [0, 0.05) is 29.6 Å². The van der Waals surface area contributed by atoms with Gasteiger partial charge in [-0.3, -0.25) is 0 Å². The molecule has 148 valence electrons. The number of nitrogens with one attached hydrogen (secondary N) is 2. The van der Waals surface area contributed by atoms with Crippen LogP contribution in [0.1, 0.15) is 24.3 Å². The lowest BCUT2D eigenvalue weighted by Crippen LogP contribution is -2.31. The fourth-order valence-corrected chi connectivity index (χ4v) is 3.50. The molecule has 0 amide bonds. The second-order valence-electron chi connectivity index (χ2n) is 5.71. The van der Waals surface area contributed by atoms with E-state index in [1.54, 1.807) is 6.07 Å². The average molecular weight is 524 g/mol. The van der Waals surface area contributed by atoms with Gasteiger partial charge < -0.3 is 25.2 Å². The maximum atomic E-state index is 10.3. The number of hydrogen-bond acceptors (Lipinski definition) is 5. The van der Waals surface area contributed by atoms with E-state index in [0.29, 0.717) is 30.1 Å². The van der Waals surface area contributed by atoms with Crippen molar-refractivity contribution < 1.29 is 14.6 Å². The van der Waals surface area contributed by atoms with Gasteiger partial charge in [-0.15, -0.1) is 35.3 Å². The standard InChI is InChI=1S/C18H22ClN3O3S.HI/c1-2-20-18(21-11-13(23)16-6-7-17(19)26-16)22-12-4-5-14-15(10-12)25-9-3-8-24-14;/h4-7,10,13,23H,2-3,8-9,11H2,1H3,(H2,20,21,22);1H. The van der Waals surface area contributed by atoms with Crippen LogP contribution in [0.2, 0.25) is 4.34 Å². The van der Waals surface area contributed by atoms with Crippen LogP contribution in [0.3, 0.4) is 0 Å². The molecule has 0 bridgehead atoms. The number of aliphatic imine (C=N–C) groups is 1. The third-order valence-electron chi connectivity index (χ3n) is 3.70. The van der Waals surface area contributed by atoms with Crippen LogP contribution in [0.25, 0.3) is 0 Å². The largest absolute Gasteiger partial charge is 0.490 e. The molecule has 1 aromatic heterocycles. The van der Waals surface area contributed by atoms with Crippen LogP contribution in [0.15, 0.2) is 35.3 Å². The molecule has 1 atom stereocenters. The van der Waals surface area contributed by atoms with Crippen molar-refractivity contribution >= 4 is 58.6 Å². The smallest absolute Gasteiger partial charge is 0.195 e. The summed E-state index contributed by atoms with van der Waals surface area (Å²) in [7, 11) is 0. The Balaban J connectivity index is 0.00000261. The normalized spacial score (nSPS) is 14.7. The highest BCUT2D eigenvalue weighted by molar-refractivity contribution is 14.0. The van der Waals surface area contributed by atoms with Crippen molar-refractivity contribution in [3.05, 3.63) is 39.5 Å². The first-order chi connectivity index (χ1) is 12.7. The Hall–Kier alpha value is -1.23. The fourth-order valence-electron chi connectivity index (χ4n) is 2.46. The van der Waals surface area contributed by atoms with Gasteiger partial charge in [-0.05, 0) is 31.2 Å². The number of rotatable bonds is 5. The average Bonchev–Trinajstić information content (AvgIpc) is 2.93. The molecule has 0 radical (unpaired) electrons. The van der Waals surface area contributed by atoms with E-state index >= 15 is 0 Å². The summed E-state index contributed by atoms with van der Waals surface area (Å²) in [5, 5.41) is 16.7. The Labute approximate surface area is 185 Å². The van der Waals surface area contributed by atoms with E-state index in [2.05, 4.69) is 15.6 Å². The van der Waals surface area contributed by atoms with E-state index in [1.807, 2.05) is 31.2 Å². The maximum Gasteiger partial charge on any atom is 0.195 e. The van der Waals surface area contributed by atoms with Crippen molar-refractivity contribution in [1.82, 2.24) is 5.32 Å². The minimum absolute atomic E-state index is 0. The van der Waals surface area contributed by atoms with Crippen molar-refractivity contribution in [2.24, 2.45) is 4.99 Å². The van der Waals surface area contributed by atoms with Crippen molar-refractivity contribution in [2.75, 3.05) is 31.6 Å². The van der Waals surface area contributed by atoms with Crippen molar-refractivity contribution in [1.29, 1.82) is 0 Å². The number of halogens is 2. The van der Waals surface area contributed by atoms with Crippen LogP contribution >= 0.6 is 46.9 Å². The molecule has 1 aliphatic rings. The van der Waals surface area contributed by atoms with Crippen molar-refractivity contribution in [3.63, 3.8) is 0 Å². The molecule has 0 spiro atoms. The van der Waals surface area contributed by atoms with Gasteiger partial charge in [0.25, 0.3) is 0 Å². The number of nitrogens with zero attached hydrogens (tertiary/aromatic N) is 1. The van der Waals surface area contributed by atoms with E-state index in [4.69, 9.17) is 21.1 Å². The Bertz CT molecular complexity index is 772. The lowest BCUT2D eigenvalue weighted by molar-refractivity contribution is 0.191. The first kappa shape index (κ1) is 22.1. The SMILES string of the molecule is CCNC(=NCC(O)c1ccc(Cl)s1)Nc1ccc2c(c1)OCCCO2.I. The van der Waals surface area contributed by atoms with Gasteiger partial charge in [0.15, 0.2) is 17.5 Å². The number of ether oxygens (including phenoxy) is 2. The highest BCUT2D eigenvalue weighted by atomic mass is 127. The third-order valence-corrected chi connectivity index (χ3v) is 5.03. The van der Waals surface area contributed by atoms with Gasteiger partial charge in [0.05, 0.1) is 24.1 Å². The van der Waals surface area contributed by atoms with Crippen LogP contribution in [-0.2, 0) is 0 Å². The second-order valence-corrected chi connectivity index (χ2v) is 7.46. The Morgan fingerprint density at radius 1 is 1.26 bits per heavy atom. The van der Waals surface area contributed by atoms with Gasteiger partial charge in [-0.1, -0.05) is 11.6 Å². The van der Waals surface area contributed by atoms with Gasteiger partial charge >= 0.3 is 0 Å². The Morgan fingerprint density at radius 2 is 2.04 bits per heavy atom. The van der Waals surface area contributed by atoms with Gasteiger partial charge in [-0.25, -0.2) is 4.99 Å². The molecule has 1 aliphatic heterocycles. The van der Waals surface area contributed by atoms with Crippen LogP contribution in [0.4, 0.5) is 5.69 Å². The number of thiophene rings is 1. The molecule has 2 aromatic rings. The summed E-state index contributed by atoms with van der Waals surface area (Å²) in [5.74, 6) is 2.06. The zero-order chi connectivity index (χ0) is 18.4. The predicted octanol–water partition coefficient (Wildman–Crippen LogP) is 4.29. The van der Waals surface area contributed by atoms with Crippen LogP contribution in [0.5, 0.6) is 11.5 Å². The quantitative estimate of drug-likeness (QED) is 0.310. The van der Waals surface area contributed by atoms with E-state index in [-0.39, 0.29) is 30.5 Å². The van der Waals surface area contributed by atoms with E-state index < -0.39 is 6.10 Å². The molecule has 0 saturated carbocycles. The summed E-state index contributed by atoms with van der Waals surface area (Å²) in [6.45, 7) is 4.23. The number of aliphatic hydroxyl groups excluding tert-OH is 1. The molecule has 0 saturated heterocycles. The number of fused-ring (bicyclic) bond motifs is 1. The zero-order valence-corrected chi connectivity index (χ0v) is 18.8. The topological polar surface area (TPSA) is 75.1 Å². The van der Waals surface area contributed by atoms with Crippen LogP contribution in [0, 0.1) is 0 Å². The lowest BCUT2D eigenvalue weighted by atomic mass is 10.2. The Morgan fingerprint density at radius 3 is 2.74 bits per heavy atom. The molecule has 3 N–H and O–H groups in total. The number of guanidine groups is 1. The molecule has 1 aromatic carbocycles. The highest BCUT2D eigenvalue weighted by Crippen LogP contribution is 2.32. The molecule has 2 heterocycles. The molecule has 1 unspecified atom stereocenters. The van der Waals surface area contributed by atoms with Crippen LogP contribution < -0.4 is 20.1 Å². The highest BCUT2D eigenvalue weighted by Gasteiger charge is 2.13. The van der Waals surface area contributed by atoms with Gasteiger partial charge in [0.2, 0.25) is 0 Å². The van der Waals surface area contributed by atoms with E-state index in [9.17, 15) is 5.11 Å². The second kappa shape index (κ2) is 10.9. The number of hydrogen-bond donors (Lipinski definition) is 3. The summed E-state index contributed by atoms with van der Waals surface area (Å²) >= 11 is 7.28. The molecule has 9 heteroatoms. The summed E-state index contributed by atoms with van der Waals surface area (Å²) in [6, 6.07) is 9.28. The monoisotopic (exact) mass is 523 g/mol. The molecular weight excluding hydrogens is 501 g/mol. The van der Waals surface area contributed by atoms with Gasteiger partial charge in [-0.2, -0.15) is 0 Å². The summed E-state index contributed by atoms with van der Waals surface area (Å²) in [6.07, 6.45) is 0.179. The van der Waals surface area contributed by atoms with Crippen LogP contribution in [-0.4, -0.2) is 37.4 Å². The molecule has 27 heavy (non-hydrogen) atoms. The molecule has 6 nitrogen and oxygen atoms in total. The van der Waals surface area contributed by atoms with Crippen molar-refractivity contribution in [3.8, 4) is 11.5 Å². The molecular formula is C18H23ClIN3O3S. The minimum Gasteiger partial charge on any atom is -0.490 e. The Kier molecular flexibility index (Phi) is 8.94. The van der Waals surface area contributed by atoms with Gasteiger partial charge in [0.1, 0.15) is 6.10 Å². The van der Waals surface area contributed by atoms with E-state index in [0.717, 1.165) is 28.5 Å². The zero-order valence-electron chi connectivity index (χ0n) is 14.9. The van der Waals surface area contributed by atoms with Crippen molar-refractivity contribution in [2.45, 2.75) is 19.4 Å². The summed E-state index contributed by atoms with van der Waals surface area (Å²) in [5.41, 5.74) is 0.836. The maximum absolute atomic E-state index is 10.3. The summed E-state index contributed by atoms with van der Waals surface area (Å²) in [4.78, 5) is 5.26. The molecule has 3 rings (SSSR count). The first-order valence-corrected chi connectivity index (χ1v) is 9.73. The predicted molar refractivity (Wildman–Crippen MR) is 121 cm³/mol.